The summed E-state index contributed by atoms with van der Waals surface area (Å²) >= 11 is 0. The number of hydrogen-bond acceptors (Lipinski definition) is 0. The van der Waals surface area contributed by atoms with Crippen LogP contribution in [0.2, 0.25) is 0 Å². The Kier molecular flexibility index (Phi) is 9.67. The Morgan fingerprint density at radius 2 is 1.00 bits per heavy atom. The minimum absolute atomic E-state index is 1.35. The number of allylic oxidation sites excluding steroid dienone is 1. The molecule has 0 aliphatic rings. The van der Waals surface area contributed by atoms with Crippen molar-refractivity contribution < 1.29 is 0 Å². The molecule has 0 heterocycles. The monoisotopic (exact) mass is 294 g/mol. The summed E-state index contributed by atoms with van der Waals surface area (Å²) in [5.41, 5.74) is 10.8. The maximum atomic E-state index is 3.30. The van der Waals surface area contributed by atoms with E-state index in [1.165, 1.54) is 33.4 Å². The third-order valence-electron chi connectivity index (χ3n) is 3.53. The highest BCUT2D eigenvalue weighted by atomic mass is 14.0. The second kappa shape index (κ2) is 10.7. The van der Waals surface area contributed by atoms with Crippen LogP contribution in [0.15, 0.2) is 54.8 Å². The lowest BCUT2D eigenvalue weighted by molar-refractivity contribution is 1.30. The summed E-state index contributed by atoms with van der Waals surface area (Å²) in [5.74, 6) is 0. The van der Waals surface area contributed by atoms with E-state index in [0.717, 1.165) is 0 Å². The van der Waals surface area contributed by atoms with Crippen LogP contribution in [-0.4, -0.2) is 0 Å². The van der Waals surface area contributed by atoms with E-state index in [9.17, 15) is 0 Å². The lowest BCUT2D eigenvalue weighted by Gasteiger charge is -1.98. The average molecular weight is 294 g/mol. The van der Waals surface area contributed by atoms with E-state index in [2.05, 4.69) is 90.3 Å². The number of benzene rings is 2. The molecule has 0 amide bonds. The van der Waals surface area contributed by atoms with Crippen molar-refractivity contribution in [1.82, 2.24) is 0 Å². The van der Waals surface area contributed by atoms with Gasteiger partial charge in [-0.25, -0.2) is 0 Å². The summed E-state index contributed by atoms with van der Waals surface area (Å²) in [6.07, 6.45) is 1.76. The molecule has 0 saturated heterocycles. The zero-order chi connectivity index (χ0) is 17.1. The molecular weight excluding hydrogens is 264 g/mol. The van der Waals surface area contributed by atoms with Crippen LogP contribution in [0, 0.1) is 41.5 Å². The molecule has 0 radical (unpaired) electrons. The fraction of sp³-hybridized carbons (Fsp3) is 0.318. The van der Waals surface area contributed by atoms with Crippen LogP contribution >= 0.6 is 0 Å². The Morgan fingerprint density at radius 3 is 1.18 bits per heavy atom. The summed E-state index contributed by atoms with van der Waals surface area (Å²) in [6, 6.07) is 13.0. The molecule has 0 fully saturated rings. The zero-order valence-electron chi connectivity index (χ0n) is 15.2. The van der Waals surface area contributed by atoms with Gasteiger partial charge in [0.2, 0.25) is 0 Å². The Labute approximate surface area is 137 Å². The van der Waals surface area contributed by atoms with Crippen LogP contribution in [0.1, 0.15) is 40.3 Å². The summed E-state index contributed by atoms with van der Waals surface area (Å²) in [6.45, 7) is 18.0. The Hall–Kier alpha value is -2.04. The predicted molar refractivity (Wildman–Crippen MR) is 101 cm³/mol. The van der Waals surface area contributed by atoms with Gasteiger partial charge in [0.15, 0.2) is 0 Å². The lowest BCUT2D eigenvalue weighted by Crippen LogP contribution is -1.79. The lowest BCUT2D eigenvalue weighted by atomic mass is 10.1. The van der Waals surface area contributed by atoms with Crippen molar-refractivity contribution in [3.63, 3.8) is 0 Å². The maximum Gasteiger partial charge on any atom is -0.0393 e. The number of rotatable bonds is 0. The standard InChI is InChI=1S/2C9H12.C4H6/c2*1-7-4-5-8(2)9(3)6-7;1-3-4-2/h2*4-6H,1-3H3;4H,1H2,2H3. The highest BCUT2D eigenvalue weighted by Crippen LogP contribution is 2.08. The molecule has 0 spiro atoms. The van der Waals surface area contributed by atoms with E-state index in [0.29, 0.717) is 0 Å². The first-order valence-corrected chi connectivity index (χ1v) is 7.70. The highest BCUT2D eigenvalue weighted by molar-refractivity contribution is 5.29. The minimum atomic E-state index is 1.35. The Bertz CT molecular complexity index is 577. The van der Waals surface area contributed by atoms with Crippen LogP contribution in [0.25, 0.3) is 0 Å². The van der Waals surface area contributed by atoms with Crippen molar-refractivity contribution in [1.29, 1.82) is 0 Å². The van der Waals surface area contributed by atoms with Crippen LogP contribution in [-0.2, 0) is 0 Å². The van der Waals surface area contributed by atoms with Gasteiger partial charge in [0, 0.05) is 0 Å². The van der Waals surface area contributed by atoms with Gasteiger partial charge in [-0.05, 0) is 76.8 Å². The largest absolute Gasteiger partial charge is 0.133 e. The summed E-state index contributed by atoms with van der Waals surface area (Å²) in [5, 5.41) is 0. The third-order valence-corrected chi connectivity index (χ3v) is 3.53. The van der Waals surface area contributed by atoms with E-state index in [1.54, 1.807) is 6.08 Å². The fourth-order valence-electron chi connectivity index (χ4n) is 1.78. The van der Waals surface area contributed by atoms with Crippen molar-refractivity contribution >= 4 is 0 Å². The number of hydrogen-bond donors (Lipinski definition) is 0. The van der Waals surface area contributed by atoms with Crippen molar-refractivity contribution in [2.75, 3.05) is 0 Å². The summed E-state index contributed by atoms with van der Waals surface area (Å²) in [7, 11) is 0. The Morgan fingerprint density at radius 1 is 0.682 bits per heavy atom. The van der Waals surface area contributed by atoms with Gasteiger partial charge in [-0.1, -0.05) is 54.1 Å². The molecule has 0 saturated carbocycles. The molecule has 0 unspecified atom stereocenters. The molecule has 2 aromatic rings. The first-order valence-electron chi connectivity index (χ1n) is 7.70. The summed E-state index contributed by atoms with van der Waals surface area (Å²) in [4.78, 5) is 0. The second-order valence-electron chi connectivity index (χ2n) is 5.67. The SMILES string of the molecule is C=C=CC.Cc1ccc(C)c(C)c1.Cc1ccc(C)c(C)c1. The van der Waals surface area contributed by atoms with Crippen molar-refractivity contribution in [2.24, 2.45) is 0 Å². The normalized spacial score (nSPS) is 8.68. The van der Waals surface area contributed by atoms with Crippen molar-refractivity contribution in [3.8, 4) is 0 Å². The first kappa shape index (κ1) is 20.0. The predicted octanol–water partition coefficient (Wildman–Crippen LogP) is 6.57. The average Bonchev–Trinajstić information content (AvgIpc) is 2.48. The van der Waals surface area contributed by atoms with Crippen LogP contribution in [0.4, 0.5) is 0 Å². The molecule has 0 nitrogen and oxygen atoms in total. The molecule has 0 N–H and O–H groups in total. The fourth-order valence-corrected chi connectivity index (χ4v) is 1.78. The van der Waals surface area contributed by atoms with E-state index >= 15 is 0 Å². The van der Waals surface area contributed by atoms with Gasteiger partial charge in [0.05, 0.1) is 0 Å². The molecule has 0 atom stereocenters. The van der Waals surface area contributed by atoms with Crippen LogP contribution in [0.3, 0.4) is 0 Å². The van der Waals surface area contributed by atoms with Gasteiger partial charge < -0.3 is 0 Å². The molecule has 118 valence electrons. The molecular formula is C22H30. The molecule has 0 heteroatoms. The van der Waals surface area contributed by atoms with E-state index in [-0.39, 0.29) is 0 Å². The maximum absolute atomic E-state index is 3.30. The van der Waals surface area contributed by atoms with Gasteiger partial charge >= 0.3 is 0 Å². The van der Waals surface area contributed by atoms with Gasteiger partial charge in [-0.15, -0.1) is 5.73 Å². The van der Waals surface area contributed by atoms with Gasteiger partial charge in [0.25, 0.3) is 0 Å². The highest BCUT2D eigenvalue weighted by Gasteiger charge is 1.89. The molecule has 0 aromatic heterocycles. The first-order chi connectivity index (χ1) is 10.3. The topological polar surface area (TPSA) is 0 Å². The number of aryl methyl sites for hydroxylation is 6. The smallest absolute Gasteiger partial charge is 0.0393 e. The van der Waals surface area contributed by atoms with Crippen LogP contribution in [0.5, 0.6) is 0 Å². The van der Waals surface area contributed by atoms with Crippen molar-refractivity contribution in [2.45, 2.75) is 48.5 Å². The molecule has 22 heavy (non-hydrogen) atoms. The molecule has 0 bridgehead atoms. The van der Waals surface area contributed by atoms with E-state index < -0.39 is 0 Å². The van der Waals surface area contributed by atoms with Gasteiger partial charge in [-0.2, -0.15) is 0 Å². The zero-order valence-corrected chi connectivity index (χ0v) is 15.2. The van der Waals surface area contributed by atoms with Gasteiger partial charge in [-0.3, -0.25) is 0 Å². The van der Waals surface area contributed by atoms with Gasteiger partial charge in [0.1, 0.15) is 0 Å². The van der Waals surface area contributed by atoms with E-state index in [1.807, 2.05) is 6.92 Å². The van der Waals surface area contributed by atoms with E-state index in [4.69, 9.17) is 0 Å². The third kappa shape index (κ3) is 8.29. The molecule has 2 rings (SSSR count). The summed E-state index contributed by atoms with van der Waals surface area (Å²) < 4.78 is 0. The second-order valence-corrected chi connectivity index (χ2v) is 5.67. The molecule has 0 aliphatic carbocycles. The molecule has 2 aromatic carbocycles. The van der Waals surface area contributed by atoms with Crippen LogP contribution < -0.4 is 0 Å². The Balaban J connectivity index is 0.000000326. The molecule has 0 aliphatic heterocycles. The quantitative estimate of drug-likeness (QED) is 0.482. The minimum Gasteiger partial charge on any atom is -0.133 e. The van der Waals surface area contributed by atoms with Crippen molar-refractivity contribution in [3.05, 3.63) is 88.2 Å².